The van der Waals surface area contributed by atoms with Crippen molar-refractivity contribution in [3.8, 4) is 5.75 Å². The summed E-state index contributed by atoms with van der Waals surface area (Å²) in [5, 5.41) is 0. The molecule has 3 rings (SSSR count). The average molecular weight is 451 g/mol. The van der Waals surface area contributed by atoms with Gasteiger partial charge in [-0.3, -0.25) is 0 Å². The topological polar surface area (TPSA) is 35.5 Å². The van der Waals surface area contributed by atoms with Crippen LogP contribution in [0.3, 0.4) is 0 Å². The third kappa shape index (κ3) is 4.20. The number of hydrogen-bond donors (Lipinski definition) is 1. The molecule has 0 N–H and O–H groups in total. The Morgan fingerprint density at radius 1 is 1.07 bits per heavy atom. The van der Waals surface area contributed by atoms with Crippen molar-refractivity contribution in [3.63, 3.8) is 0 Å². The summed E-state index contributed by atoms with van der Waals surface area (Å²) in [4.78, 5) is 12.7. The third-order valence-corrected chi connectivity index (χ3v) is 6.25. The lowest BCUT2D eigenvalue weighted by molar-refractivity contribution is -0.178. The summed E-state index contributed by atoms with van der Waals surface area (Å²) < 4.78 is 85.2. The molecule has 0 spiro atoms. The van der Waals surface area contributed by atoms with Crippen molar-refractivity contribution < 1.29 is 36.2 Å². The first kappa shape index (κ1) is 23.3. The highest BCUT2D eigenvalue weighted by Crippen LogP contribution is 2.51. The molecule has 0 heterocycles. The van der Waals surface area contributed by atoms with E-state index < -0.39 is 41.7 Å². The molecule has 0 aromatic heterocycles. The van der Waals surface area contributed by atoms with Crippen LogP contribution in [0.25, 0.3) is 0 Å². The lowest BCUT2D eigenvalue weighted by atomic mass is 9.65. The van der Waals surface area contributed by atoms with Crippen molar-refractivity contribution in [3.05, 3.63) is 30.7 Å². The minimum atomic E-state index is -3.75. The van der Waals surface area contributed by atoms with E-state index in [1.54, 1.807) is 6.92 Å². The number of hydrogen-bond acceptors (Lipinski definition) is 4. The van der Waals surface area contributed by atoms with E-state index in [1.807, 2.05) is 0 Å². The Bertz CT molecular complexity index is 743. The second-order valence-electron chi connectivity index (χ2n) is 7.78. The van der Waals surface area contributed by atoms with Crippen molar-refractivity contribution in [1.29, 1.82) is 0 Å². The Morgan fingerprint density at radius 3 is 2.23 bits per heavy atom. The maximum absolute atomic E-state index is 15.5. The Morgan fingerprint density at radius 2 is 1.67 bits per heavy atom. The third-order valence-electron chi connectivity index (χ3n) is 5.95. The smallest absolute Gasteiger partial charge is 0.352 e. The molecule has 3 nitrogen and oxygen atoms in total. The molecule has 1 aromatic carbocycles. The maximum atomic E-state index is 15.5. The van der Waals surface area contributed by atoms with Gasteiger partial charge in [0.05, 0.1) is 12.5 Å². The quantitative estimate of drug-likeness (QED) is 0.292. The second kappa shape index (κ2) is 9.02. The van der Waals surface area contributed by atoms with Gasteiger partial charge in [0, 0.05) is 11.5 Å². The van der Waals surface area contributed by atoms with Crippen molar-refractivity contribution in [2.45, 2.75) is 73.5 Å². The molecule has 0 saturated heterocycles. The van der Waals surface area contributed by atoms with E-state index >= 15 is 8.78 Å². The Balaban J connectivity index is 1.74. The van der Waals surface area contributed by atoms with Crippen LogP contribution in [-0.4, -0.2) is 48.5 Å². The molecule has 1 radical (unpaired) electrons. The number of halogens is 5. The monoisotopic (exact) mass is 451 g/mol. The van der Waals surface area contributed by atoms with E-state index in [9.17, 15) is 18.0 Å². The van der Waals surface area contributed by atoms with E-state index in [2.05, 4.69) is 12.6 Å². The number of carbonyl (C=O) groups excluding carboxylic acids is 1. The zero-order chi connectivity index (χ0) is 22.1. The lowest BCUT2D eigenvalue weighted by Crippen LogP contribution is -2.68. The zero-order valence-corrected chi connectivity index (χ0v) is 17.3. The van der Waals surface area contributed by atoms with E-state index in [4.69, 9.17) is 9.47 Å². The minimum Gasteiger partial charge on any atom is -0.424 e. The van der Waals surface area contributed by atoms with Crippen molar-refractivity contribution in [2.24, 2.45) is 5.92 Å². The summed E-state index contributed by atoms with van der Waals surface area (Å²) >= 11 is 4.04. The molecular weight excluding hydrogens is 427 g/mol. The van der Waals surface area contributed by atoms with Crippen LogP contribution in [0.5, 0.6) is 5.75 Å². The fraction of sp³-hybridized carbons (Fsp3) is 0.619. The number of esters is 1. The number of rotatable bonds is 5. The molecule has 2 saturated carbocycles. The van der Waals surface area contributed by atoms with E-state index in [-0.39, 0.29) is 31.1 Å². The van der Waals surface area contributed by atoms with E-state index in [0.29, 0.717) is 24.3 Å². The van der Waals surface area contributed by atoms with Gasteiger partial charge in [-0.2, -0.15) is 0 Å². The molecule has 2 aliphatic carbocycles. The van der Waals surface area contributed by atoms with Crippen LogP contribution in [0.4, 0.5) is 22.0 Å². The first-order valence-corrected chi connectivity index (χ1v) is 10.4. The van der Waals surface area contributed by atoms with Crippen LogP contribution in [-0.2, 0) is 9.53 Å². The average Bonchev–Trinajstić information content (AvgIpc) is 2.73. The highest BCUT2D eigenvalue weighted by Gasteiger charge is 2.70. The molecule has 1 aromatic rings. The summed E-state index contributed by atoms with van der Waals surface area (Å²) in [7, 11) is 0. The van der Waals surface area contributed by atoms with E-state index in [0.717, 1.165) is 0 Å². The van der Waals surface area contributed by atoms with Gasteiger partial charge in [-0.1, -0.05) is 0 Å². The van der Waals surface area contributed by atoms with Gasteiger partial charge >= 0.3 is 5.97 Å². The number of benzene rings is 1. The molecule has 2 aliphatic rings. The summed E-state index contributed by atoms with van der Waals surface area (Å²) in [5.74, 6) is -3.15. The fourth-order valence-corrected chi connectivity index (χ4v) is 4.41. The van der Waals surface area contributed by atoms with Crippen LogP contribution in [0.2, 0.25) is 0 Å². The summed E-state index contributed by atoms with van der Waals surface area (Å²) in [6.07, 6.45) is -8.53. The van der Waals surface area contributed by atoms with Crippen molar-refractivity contribution >= 4 is 18.6 Å². The first-order valence-electron chi connectivity index (χ1n) is 9.91. The predicted molar refractivity (Wildman–Crippen MR) is 103 cm³/mol. The lowest BCUT2D eigenvalue weighted by Gasteiger charge is -2.48. The van der Waals surface area contributed by atoms with Gasteiger partial charge in [-0.05, 0) is 62.8 Å². The highest BCUT2D eigenvalue weighted by atomic mass is 32.1. The molecule has 167 valence electrons. The molecule has 0 aliphatic heterocycles. The molecule has 0 amide bonds. The molecule has 2 fully saturated rings. The Kier molecular flexibility index (Phi) is 7.01. The normalized spacial score (nSPS) is 39.5. The van der Waals surface area contributed by atoms with Crippen LogP contribution >= 0.6 is 12.6 Å². The van der Waals surface area contributed by atoms with E-state index in [1.165, 1.54) is 24.3 Å². The van der Waals surface area contributed by atoms with Crippen LogP contribution in [0.1, 0.15) is 32.6 Å². The first-order chi connectivity index (χ1) is 14.1. The number of alkyl halides is 5. The van der Waals surface area contributed by atoms with Gasteiger partial charge in [0.2, 0.25) is 5.67 Å². The molecular formula is C21H24F5O3S. The Hall–Kier alpha value is -1.35. The van der Waals surface area contributed by atoms with Crippen molar-refractivity contribution in [2.75, 3.05) is 6.61 Å². The summed E-state index contributed by atoms with van der Waals surface area (Å²) in [6.45, 7) is 2.26. The zero-order valence-electron chi connectivity index (χ0n) is 16.4. The Labute approximate surface area is 177 Å². The molecule has 9 heteroatoms. The van der Waals surface area contributed by atoms with Crippen LogP contribution < -0.4 is 4.74 Å². The van der Waals surface area contributed by atoms with Crippen LogP contribution in [0, 0.1) is 12.3 Å². The maximum Gasteiger partial charge on any atom is 0.352 e. The SMILES string of the molecule is CCO[C@H]1CC[C@H](C2(F)C(F)[CH]C(F)(C(=O)Oc3ccc(S)cc3)C(F)C2F)CC1. The molecule has 5 unspecified atom stereocenters. The van der Waals surface area contributed by atoms with Gasteiger partial charge < -0.3 is 9.47 Å². The van der Waals surface area contributed by atoms with Gasteiger partial charge in [-0.25, -0.2) is 26.7 Å². The van der Waals surface area contributed by atoms with Gasteiger partial charge in [0.25, 0.3) is 0 Å². The standard InChI is InChI=1S/C21H24F5O3S/c1-2-28-13-5-3-12(4-6-13)21(26)16(22)11-20(25,17(23)18(21)24)19(27)29-14-7-9-15(30)10-8-14/h7-13,16-18,30H,2-6H2,1H3/t12-,13-,16?,17?,18?,20?,21?. The van der Waals surface area contributed by atoms with Gasteiger partial charge in [-0.15, -0.1) is 12.6 Å². The summed E-state index contributed by atoms with van der Waals surface area (Å²) in [5.41, 5.74) is -7.02. The second-order valence-corrected chi connectivity index (χ2v) is 8.30. The number of ether oxygens (including phenoxy) is 2. The summed E-state index contributed by atoms with van der Waals surface area (Å²) in [6, 6.07) is 5.37. The number of thiol groups is 1. The van der Waals surface area contributed by atoms with Crippen molar-refractivity contribution in [1.82, 2.24) is 0 Å². The largest absolute Gasteiger partial charge is 0.424 e. The van der Waals surface area contributed by atoms with Crippen LogP contribution in [0.15, 0.2) is 29.2 Å². The fourth-order valence-electron chi connectivity index (χ4n) is 4.26. The van der Waals surface area contributed by atoms with Gasteiger partial charge in [0.1, 0.15) is 11.9 Å². The molecule has 0 bridgehead atoms. The minimum absolute atomic E-state index is 0.0301. The van der Waals surface area contributed by atoms with Gasteiger partial charge in [0.15, 0.2) is 18.0 Å². The predicted octanol–water partition coefficient (Wildman–Crippen LogP) is 5.12. The molecule has 30 heavy (non-hydrogen) atoms. The number of carbonyl (C=O) groups is 1. The highest BCUT2D eigenvalue weighted by molar-refractivity contribution is 7.80. The molecule has 5 atom stereocenters.